The molecule has 184 valence electrons. The number of imidazole rings is 1. The van der Waals surface area contributed by atoms with Crippen molar-refractivity contribution < 1.29 is 22.8 Å². The molecule has 1 aliphatic rings. The molecule has 6 nitrogen and oxygen atoms in total. The molecule has 1 aromatic heterocycles. The van der Waals surface area contributed by atoms with Crippen molar-refractivity contribution in [2.24, 2.45) is 0 Å². The Labute approximate surface area is 208 Å². The average molecular weight is 513 g/mol. The molecule has 36 heavy (non-hydrogen) atoms. The highest BCUT2D eigenvalue weighted by atomic mass is 35.5. The van der Waals surface area contributed by atoms with Gasteiger partial charge in [-0.15, -0.1) is 0 Å². The lowest BCUT2D eigenvalue weighted by atomic mass is 10.1. The minimum atomic E-state index is -4.69. The number of benzene rings is 3. The summed E-state index contributed by atoms with van der Waals surface area (Å²) in [6, 6.07) is 12.6. The van der Waals surface area contributed by atoms with Crippen LogP contribution in [0.25, 0.3) is 11.0 Å². The van der Waals surface area contributed by atoms with E-state index in [0.717, 1.165) is 30.8 Å². The summed E-state index contributed by atoms with van der Waals surface area (Å²) in [5.41, 5.74) is 0.835. The Morgan fingerprint density at radius 1 is 1.00 bits per heavy atom. The van der Waals surface area contributed by atoms with Crippen molar-refractivity contribution in [3.8, 4) is 0 Å². The first-order chi connectivity index (χ1) is 17.1. The summed E-state index contributed by atoms with van der Waals surface area (Å²) < 4.78 is 40.3. The zero-order valence-electron chi connectivity index (χ0n) is 19.0. The number of nitrogens with zero attached hydrogens (tertiary/aromatic N) is 1. The highest BCUT2D eigenvalue weighted by molar-refractivity contribution is 6.31. The van der Waals surface area contributed by atoms with Crippen LogP contribution in [0.3, 0.4) is 0 Å². The van der Waals surface area contributed by atoms with E-state index in [1.807, 2.05) is 0 Å². The lowest BCUT2D eigenvalue weighted by Crippen LogP contribution is -2.19. The fourth-order valence-electron chi connectivity index (χ4n) is 3.99. The fourth-order valence-corrected chi connectivity index (χ4v) is 4.17. The first kappa shape index (κ1) is 23.9. The number of alkyl halides is 3. The Morgan fingerprint density at radius 2 is 1.72 bits per heavy atom. The molecular weight excluding hydrogens is 493 g/mol. The number of hydrogen-bond donors (Lipinski definition) is 3. The number of H-pyrrole nitrogens is 1. The minimum Gasteiger partial charge on any atom is -0.342 e. The van der Waals surface area contributed by atoms with E-state index in [1.165, 1.54) is 18.2 Å². The van der Waals surface area contributed by atoms with Crippen LogP contribution in [-0.4, -0.2) is 21.8 Å². The summed E-state index contributed by atoms with van der Waals surface area (Å²) in [6.45, 7) is 1.77. The van der Waals surface area contributed by atoms with Gasteiger partial charge in [0.25, 0.3) is 11.8 Å². The van der Waals surface area contributed by atoms with Gasteiger partial charge in [-0.2, -0.15) is 13.2 Å². The predicted octanol–water partition coefficient (Wildman–Crippen LogP) is 6.93. The van der Waals surface area contributed by atoms with Crippen molar-refractivity contribution in [2.45, 2.75) is 31.9 Å². The van der Waals surface area contributed by atoms with Gasteiger partial charge in [-0.1, -0.05) is 29.8 Å². The average Bonchev–Trinajstić information content (AvgIpc) is 3.60. The highest BCUT2D eigenvalue weighted by Gasteiger charge is 2.35. The van der Waals surface area contributed by atoms with Gasteiger partial charge < -0.3 is 15.6 Å². The SMILES string of the molecule is Cc1c(Cl)cccc1NC(=O)c1cc(NC(=O)c2ccccc2C(F)(F)F)cc2[nH]c(C3CC3)nc12. The molecule has 1 fully saturated rings. The van der Waals surface area contributed by atoms with E-state index in [1.54, 1.807) is 31.2 Å². The lowest BCUT2D eigenvalue weighted by Gasteiger charge is -2.14. The highest BCUT2D eigenvalue weighted by Crippen LogP contribution is 2.40. The van der Waals surface area contributed by atoms with Gasteiger partial charge >= 0.3 is 6.18 Å². The second-order valence-corrected chi connectivity index (χ2v) is 9.09. The van der Waals surface area contributed by atoms with Gasteiger partial charge in [0, 0.05) is 22.3 Å². The molecule has 4 aromatic rings. The Morgan fingerprint density at radius 3 is 2.44 bits per heavy atom. The van der Waals surface area contributed by atoms with Crippen LogP contribution in [0.1, 0.15) is 56.4 Å². The van der Waals surface area contributed by atoms with E-state index in [0.29, 0.717) is 27.3 Å². The molecule has 0 unspecified atom stereocenters. The molecule has 3 N–H and O–H groups in total. The molecule has 0 radical (unpaired) electrons. The molecule has 0 spiro atoms. The van der Waals surface area contributed by atoms with Crippen LogP contribution in [-0.2, 0) is 6.18 Å². The number of carbonyl (C=O) groups is 2. The monoisotopic (exact) mass is 512 g/mol. The van der Waals surface area contributed by atoms with Crippen LogP contribution >= 0.6 is 11.6 Å². The van der Waals surface area contributed by atoms with Crippen LogP contribution in [0.4, 0.5) is 24.5 Å². The molecule has 1 saturated carbocycles. The molecule has 0 saturated heterocycles. The third-order valence-corrected chi connectivity index (χ3v) is 6.47. The minimum absolute atomic E-state index is 0.156. The van der Waals surface area contributed by atoms with Crippen molar-refractivity contribution >= 4 is 45.8 Å². The summed E-state index contributed by atoms with van der Waals surface area (Å²) in [7, 11) is 0. The second-order valence-electron chi connectivity index (χ2n) is 8.68. The number of hydrogen-bond acceptors (Lipinski definition) is 3. The van der Waals surface area contributed by atoms with Crippen LogP contribution in [0.2, 0.25) is 5.02 Å². The van der Waals surface area contributed by atoms with Gasteiger partial charge in [-0.05, 0) is 61.7 Å². The van der Waals surface area contributed by atoms with Crippen molar-refractivity contribution in [3.63, 3.8) is 0 Å². The first-order valence-corrected chi connectivity index (χ1v) is 11.6. The summed E-state index contributed by atoms with van der Waals surface area (Å²) in [4.78, 5) is 33.9. The molecule has 5 rings (SSSR count). The van der Waals surface area contributed by atoms with E-state index in [2.05, 4.69) is 20.6 Å². The summed E-state index contributed by atoms with van der Waals surface area (Å²) >= 11 is 6.17. The number of nitrogens with one attached hydrogen (secondary N) is 3. The topological polar surface area (TPSA) is 86.9 Å². The quantitative estimate of drug-likeness (QED) is 0.271. The van der Waals surface area contributed by atoms with E-state index < -0.39 is 29.1 Å². The molecule has 1 aliphatic carbocycles. The summed E-state index contributed by atoms with van der Waals surface area (Å²) in [5, 5.41) is 5.81. The molecule has 1 heterocycles. The molecule has 0 bridgehead atoms. The number of rotatable bonds is 5. The number of anilines is 2. The van der Waals surface area contributed by atoms with Crippen molar-refractivity contribution in [1.82, 2.24) is 9.97 Å². The van der Waals surface area contributed by atoms with E-state index in [4.69, 9.17) is 11.6 Å². The predicted molar refractivity (Wildman–Crippen MR) is 132 cm³/mol. The number of aromatic nitrogens is 2. The standard InChI is InChI=1S/C26H20ClF3N4O2/c1-13-19(27)7-4-8-20(13)33-25(36)17-11-15(12-21-22(17)34-23(32-21)14-9-10-14)31-24(35)16-5-2-3-6-18(16)26(28,29)30/h2-8,11-12,14H,9-10H2,1H3,(H,31,35)(H,32,34)(H,33,36). The van der Waals surface area contributed by atoms with Crippen molar-refractivity contribution in [1.29, 1.82) is 0 Å². The summed E-state index contributed by atoms with van der Waals surface area (Å²) in [5.74, 6) is -0.448. The first-order valence-electron chi connectivity index (χ1n) is 11.2. The van der Waals surface area contributed by atoms with Crippen LogP contribution in [0.15, 0.2) is 54.6 Å². The Balaban J connectivity index is 1.53. The van der Waals surface area contributed by atoms with Crippen LogP contribution < -0.4 is 10.6 Å². The number of fused-ring (bicyclic) bond motifs is 1. The third kappa shape index (κ3) is 4.66. The smallest absolute Gasteiger partial charge is 0.342 e. The van der Waals surface area contributed by atoms with Gasteiger partial charge in [-0.25, -0.2) is 4.98 Å². The van der Waals surface area contributed by atoms with Gasteiger partial charge in [-0.3, -0.25) is 9.59 Å². The van der Waals surface area contributed by atoms with Crippen LogP contribution in [0, 0.1) is 6.92 Å². The normalized spacial score (nSPS) is 13.6. The number of carbonyl (C=O) groups excluding carboxylic acids is 2. The lowest BCUT2D eigenvalue weighted by molar-refractivity contribution is -0.137. The van der Waals surface area contributed by atoms with E-state index in [-0.39, 0.29) is 17.2 Å². The van der Waals surface area contributed by atoms with E-state index >= 15 is 0 Å². The van der Waals surface area contributed by atoms with Gasteiger partial charge in [0.15, 0.2) is 0 Å². The second kappa shape index (κ2) is 8.98. The zero-order valence-corrected chi connectivity index (χ0v) is 19.7. The number of amides is 2. The molecule has 2 amide bonds. The molecular formula is C26H20ClF3N4O2. The number of halogens is 4. The fraction of sp³-hybridized carbons (Fsp3) is 0.192. The molecule has 0 atom stereocenters. The largest absolute Gasteiger partial charge is 0.417 e. The molecule has 3 aromatic carbocycles. The molecule has 0 aliphatic heterocycles. The Kier molecular flexibility index (Phi) is 5.96. The third-order valence-electron chi connectivity index (χ3n) is 6.06. The van der Waals surface area contributed by atoms with Crippen molar-refractivity contribution in [2.75, 3.05) is 10.6 Å². The van der Waals surface area contributed by atoms with E-state index in [9.17, 15) is 22.8 Å². The number of aromatic amines is 1. The molecule has 10 heteroatoms. The maximum absolute atomic E-state index is 13.4. The Bertz CT molecular complexity index is 1510. The zero-order chi connectivity index (χ0) is 25.6. The maximum Gasteiger partial charge on any atom is 0.417 e. The van der Waals surface area contributed by atoms with Gasteiger partial charge in [0.2, 0.25) is 0 Å². The van der Waals surface area contributed by atoms with Gasteiger partial charge in [0.1, 0.15) is 11.3 Å². The Hall–Kier alpha value is -3.85. The van der Waals surface area contributed by atoms with Crippen LogP contribution in [0.5, 0.6) is 0 Å². The summed E-state index contributed by atoms with van der Waals surface area (Å²) in [6.07, 6.45) is -2.75. The maximum atomic E-state index is 13.4. The van der Waals surface area contributed by atoms with Gasteiger partial charge in [0.05, 0.1) is 22.2 Å². The van der Waals surface area contributed by atoms with Crippen molar-refractivity contribution in [3.05, 3.63) is 87.7 Å².